The number of methoxy groups -OCH3 is 2. The Hall–Kier alpha value is -4.02. The third kappa shape index (κ3) is 5.08. The van der Waals surface area contributed by atoms with Gasteiger partial charge in [0.05, 0.1) is 24.7 Å². The zero-order valence-corrected chi connectivity index (χ0v) is 19.9. The molecule has 2 heterocycles. The van der Waals surface area contributed by atoms with Gasteiger partial charge in [-0.15, -0.1) is 0 Å². The highest BCUT2D eigenvalue weighted by atomic mass is 32.2. The van der Waals surface area contributed by atoms with Gasteiger partial charge in [-0.25, -0.2) is 13.2 Å². The molecule has 4 rings (SSSR count). The van der Waals surface area contributed by atoms with Crippen LogP contribution in [0.25, 0.3) is 10.9 Å². The molecule has 0 aliphatic heterocycles. The Bertz CT molecular complexity index is 1530. The minimum absolute atomic E-state index is 0.0682. The molecular weight excluding hydrogens is 470 g/mol. The van der Waals surface area contributed by atoms with E-state index >= 15 is 0 Å². The fraction of sp³-hybridized carbons (Fsp3) is 0.160. The van der Waals surface area contributed by atoms with Crippen LogP contribution in [-0.2, 0) is 27.8 Å². The van der Waals surface area contributed by atoms with E-state index in [1.807, 2.05) is 0 Å². The summed E-state index contributed by atoms with van der Waals surface area (Å²) in [6.45, 7) is -0.309. The second-order valence-corrected chi connectivity index (χ2v) is 9.61. The van der Waals surface area contributed by atoms with Crippen LogP contribution in [0.1, 0.15) is 21.5 Å². The summed E-state index contributed by atoms with van der Waals surface area (Å²) < 4.78 is 38.8. The molecular formula is C25H23N3O6S. The Morgan fingerprint density at radius 1 is 1.03 bits per heavy atom. The maximum absolute atomic E-state index is 13.8. The minimum Gasteiger partial charge on any atom is -0.497 e. The monoisotopic (exact) mass is 493 g/mol. The summed E-state index contributed by atoms with van der Waals surface area (Å²) >= 11 is 0. The lowest BCUT2D eigenvalue weighted by molar-refractivity contribution is 0.0596. The Labute approximate surface area is 202 Å². The van der Waals surface area contributed by atoms with Gasteiger partial charge in [0.2, 0.25) is 10.0 Å². The van der Waals surface area contributed by atoms with Crippen LogP contribution in [0.2, 0.25) is 0 Å². The zero-order chi connectivity index (χ0) is 25.0. The molecule has 0 fully saturated rings. The summed E-state index contributed by atoms with van der Waals surface area (Å²) in [4.78, 5) is 31.8. The maximum Gasteiger partial charge on any atom is 0.339 e. The number of sulfonamides is 1. The molecule has 0 saturated carbocycles. The average Bonchev–Trinajstić information content (AvgIpc) is 2.88. The Morgan fingerprint density at radius 2 is 1.83 bits per heavy atom. The topological polar surface area (TPSA) is 119 Å². The first kappa shape index (κ1) is 24.1. The molecule has 10 heteroatoms. The van der Waals surface area contributed by atoms with Gasteiger partial charge < -0.3 is 14.5 Å². The van der Waals surface area contributed by atoms with Crippen molar-refractivity contribution in [2.45, 2.75) is 18.0 Å². The molecule has 0 atom stereocenters. The van der Waals surface area contributed by atoms with Crippen molar-refractivity contribution in [2.24, 2.45) is 0 Å². The Kier molecular flexibility index (Phi) is 6.94. The lowest BCUT2D eigenvalue weighted by atomic mass is 10.1. The number of H-pyrrole nitrogens is 1. The molecule has 1 N–H and O–H groups in total. The van der Waals surface area contributed by atoms with Crippen LogP contribution in [0.4, 0.5) is 0 Å². The van der Waals surface area contributed by atoms with Crippen LogP contribution in [0.3, 0.4) is 0 Å². The molecule has 0 saturated heterocycles. The van der Waals surface area contributed by atoms with E-state index in [4.69, 9.17) is 9.47 Å². The number of carbonyl (C=O) groups is 1. The molecule has 9 nitrogen and oxygen atoms in total. The molecule has 0 bridgehead atoms. The minimum atomic E-state index is -4.24. The number of nitrogens with one attached hydrogen (secondary N) is 1. The molecule has 0 spiro atoms. The van der Waals surface area contributed by atoms with Gasteiger partial charge in [-0.3, -0.25) is 9.78 Å². The van der Waals surface area contributed by atoms with Crippen molar-refractivity contribution in [1.29, 1.82) is 0 Å². The van der Waals surface area contributed by atoms with Gasteiger partial charge in [-0.2, -0.15) is 4.31 Å². The molecule has 0 amide bonds. The third-order valence-corrected chi connectivity index (χ3v) is 7.32. The largest absolute Gasteiger partial charge is 0.497 e. The zero-order valence-electron chi connectivity index (χ0n) is 19.1. The number of esters is 1. The number of ether oxygens (including phenoxy) is 2. The van der Waals surface area contributed by atoms with Crippen molar-refractivity contribution in [3.63, 3.8) is 0 Å². The van der Waals surface area contributed by atoms with Gasteiger partial charge in [-0.1, -0.05) is 18.2 Å². The van der Waals surface area contributed by atoms with Crippen LogP contribution >= 0.6 is 0 Å². The molecule has 0 radical (unpaired) electrons. The van der Waals surface area contributed by atoms with Gasteiger partial charge in [-0.05, 0) is 48.0 Å². The number of fused-ring (bicyclic) bond motifs is 1. The second kappa shape index (κ2) is 10.1. The summed E-state index contributed by atoms with van der Waals surface area (Å²) in [7, 11) is -1.52. The second-order valence-electron chi connectivity index (χ2n) is 7.70. The number of rotatable bonds is 8. The number of carbonyl (C=O) groups excluding carboxylic acids is 1. The van der Waals surface area contributed by atoms with Gasteiger partial charge in [0.1, 0.15) is 5.75 Å². The van der Waals surface area contributed by atoms with Crippen LogP contribution in [-0.4, -0.2) is 42.9 Å². The molecule has 2 aromatic carbocycles. The van der Waals surface area contributed by atoms with Crippen LogP contribution < -0.4 is 10.3 Å². The highest BCUT2D eigenvalue weighted by Crippen LogP contribution is 2.25. The van der Waals surface area contributed by atoms with Crippen LogP contribution in [0, 0.1) is 0 Å². The van der Waals surface area contributed by atoms with E-state index in [-0.39, 0.29) is 29.1 Å². The van der Waals surface area contributed by atoms with E-state index in [0.717, 1.165) is 4.31 Å². The summed E-state index contributed by atoms with van der Waals surface area (Å²) in [6.07, 6.45) is 3.13. The first-order valence-electron chi connectivity index (χ1n) is 10.6. The van der Waals surface area contributed by atoms with E-state index in [1.54, 1.807) is 54.9 Å². The fourth-order valence-corrected chi connectivity index (χ4v) is 5.28. The van der Waals surface area contributed by atoms with Crippen molar-refractivity contribution in [3.8, 4) is 5.75 Å². The third-order valence-electron chi connectivity index (χ3n) is 5.47. The summed E-state index contributed by atoms with van der Waals surface area (Å²) in [5.74, 6) is -0.177. The average molecular weight is 494 g/mol. The maximum atomic E-state index is 13.8. The molecule has 180 valence electrons. The smallest absolute Gasteiger partial charge is 0.339 e. The normalized spacial score (nSPS) is 11.5. The molecule has 4 aromatic rings. The van der Waals surface area contributed by atoms with E-state index in [2.05, 4.69) is 9.97 Å². The van der Waals surface area contributed by atoms with E-state index in [0.29, 0.717) is 22.2 Å². The number of aromatic amines is 1. The fourth-order valence-electron chi connectivity index (χ4n) is 3.69. The lowest BCUT2D eigenvalue weighted by Crippen LogP contribution is -2.33. The number of pyridine rings is 2. The molecule has 35 heavy (non-hydrogen) atoms. The molecule has 2 aromatic heterocycles. The predicted molar refractivity (Wildman–Crippen MR) is 130 cm³/mol. The van der Waals surface area contributed by atoms with Crippen molar-refractivity contribution >= 4 is 26.9 Å². The van der Waals surface area contributed by atoms with Gasteiger partial charge in [0.25, 0.3) is 5.56 Å². The summed E-state index contributed by atoms with van der Waals surface area (Å²) in [5.41, 5.74) is 0.926. The first-order chi connectivity index (χ1) is 16.8. The molecule has 0 aliphatic rings. The quantitative estimate of drug-likeness (QED) is 0.375. The van der Waals surface area contributed by atoms with Crippen LogP contribution in [0.15, 0.2) is 82.7 Å². The van der Waals surface area contributed by atoms with Gasteiger partial charge >= 0.3 is 5.97 Å². The predicted octanol–water partition coefficient (Wildman–Crippen LogP) is 3.11. The molecule has 0 aliphatic carbocycles. The SMILES string of the molecule is COC(=O)c1ccccc1S(=O)(=O)N(Cc1cccnc1)Cc1cc2cc(OC)ccc2[nH]c1=O. The van der Waals surface area contributed by atoms with E-state index in [9.17, 15) is 18.0 Å². The lowest BCUT2D eigenvalue weighted by Gasteiger charge is -2.23. The van der Waals surface area contributed by atoms with Crippen molar-refractivity contribution in [3.05, 3.63) is 100 Å². The van der Waals surface area contributed by atoms with E-state index < -0.39 is 21.6 Å². The first-order valence-corrected chi connectivity index (χ1v) is 12.0. The van der Waals surface area contributed by atoms with Gasteiger partial charge in [0, 0.05) is 41.9 Å². The number of aromatic nitrogens is 2. The van der Waals surface area contributed by atoms with E-state index in [1.165, 1.54) is 32.4 Å². The van der Waals surface area contributed by atoms with Gasteiger partial charge in [0.15, 0.2) is 0 Å². The Balaban J connectivity index is 1.82. The highest BCUT2D eigenvalue weighted by molar-refractivity contribution is 7.89. The summed E-state index contributed by atoms with van der Waals surface area (Å²) in [5, 5.41) is 0.688. The van der Waals surface area contributed by atoms with Crippen molar-refractivity contribution in [1.82, 2.24) is 14.3 Å². The highest BCUT2D eigenvalue weighted by Gasteiger charge is 2.30. The Morgan fingerprint density at radius 3 is 2.54 bits per heavy atom. The number of benzene rings is 2. The van der Waals surface area contributed by atoms with Crippen molar-refractivity contribution < 1.29 is 22.7 Å². The molecule has 0 unspecified atom stereocenters. The number of hydrogen-bond donors (Lipinski definition) is 1. The number of hydrogen-bond acceptors (Lipinski definition) is 7. The summed E-state index contributed by atoms with van der Waals surface area (Å²) in [6, 6.07) is 16.1. The number of nitrogens with zero attached hydrogens (tertiary/aromatic N) is 2. The standard InChI is InChI=1S/C25H23N3O6S/c1-33-20-9-10-22-18(13-20)12-19(24(29)27-22)16-28(15-17-6-5-11-26-14-17)35(31,32)23-8-4-3-7-21(23)25(30)34-2/h3-14H,15-16H2,1-2H3,(H,27,29). The van der Waals surface area contributed by atoms with Crippen molar-refractivity contribution in [2.75, 3.05) is 14.2 Å². The van der Waals surface area contributed by atoms with Crippen LogP contribution in [0.5, 0.6) is 5.75 Å².